The van der Waals surface area contributed by atoms with Crippen LogP contribution in [0.1, 0.15) is 0 Å². The van der Waals surface area contributed by atoms with Gasteiger partial charge in [0.15, 0.2) is 28.8 Å². The van der Waals surface area contributed by atoms with Gasteiger partial charge in [0.1, 0.15) is 11.0 Å². The molecule has 0 saturated heterocycles. The van der Waals surface area contributed by atoms with Gasteiger partial charge in [-0.1, -0.05) is 0 Å². The molecule has 142 valence electrons. The van der Waals surface area contributed by atoms with Crippen molar-refractivity contribution in [1.82, 2.24) is 0 Å². The monoisotopic (exact) mass is 374 g/mol. The summed E-state index contributed by atoms with van der Waals surface area (Å²) in [6.45, 7) is 0. The Balaban J connectivity index is 2.33. The molecule has 2 N–H and O–H groups in total. The zero-order valence-corrected chi connectivity index (χ0v) is 15.2. The van der Waals surface area contributed by atoms with Crippen molar-refractivity contribution in [3.63, 3.8) is 0 Å². The van der Waals surface area contributed by atoms with E-state index < -0.39 is 16.9 Å². The molecule has 0 aliphatic heterocycles. The topological polar surface area (TPSA) is 108 Å². The second-order valence-electron chi connectivity index (χ2n) is 5.51. The second-order valence-corrected chi connectivity index (χ2v) is 5.51. The first kappa shape index (κ1) is 18.2. The third-order valence-electron chi connectivity index (χ3n) is 4.12. The van der Waals surface area contributed by atoms with Gasteiger partial charge in [-0.3, -0.25) is 4.79 Å². The van der Waals surface area contributed by atoms with Crippen LogP contribution in [0.5, 0.6) is 34.5 Å². The standard InChI is InChI=1S/C19H18O8/c1-23-10-6-5-9(7-11(10)24-2)18-17(22)15(20)14-12(27-18)8-13(25-3)19(26-4)16(14)21/h5-8,21-22H,1-4H3. The van der Waals surface area contributed by atoms with Gasteiger partial charge in [-0.25, -0.2) is 0 Å². The van der Waals surface area contributed by atoms with Gasteiger partial charge in [0, 0.05) is 11.6 Å². The average Bonchev–Trinajstić information content (AvgIpc) is 2.69. The van der Waals surface area contributed by atoms with Crippen LogP contribution in [-0.2, 0) is 0 Å². The molecular formula is C19H18O8. The minimum absolute atomic E-state index is 0.0257. The summed E-state index contributed by atoms with van der Waals surface area (Å²) >= 11 is 0. The van der Waals surface area contributed by atoms with Crippen LogP contribution in [0.2, 0.25) is 0 Å². The summed E-state index contributed by atoms with van der Waals surface area (Å²) in [5.41, 5.74) is -0.393. The van der Waals surface area contributed by atoms with Crippen LogP contribution in [0.15, 0.2) is 33.5 Å². The van der Waals surface area contributed by atoms with Gasteiger partial charge in [0.25, 0.3) is 0 Å². The zero-order chi connectivity index (χ0) is 19.7. The molecule has 3 aromatic rings. The Morgan fingerprint density at radius 2 is 1.48 bits per heavy atom. The molecule has 0 atom stereocenters. The largest absolute Gasteiger partial charge is 0.504 e. The highest BCUT2D eigenvalue weighted by Crippen LogP contribution is 2.44. The molecule has 0 amide bonds. The molecule has 0 unspecified atom stereocenters. The predicted octanol–water partition coefficient (Wildman–Crippen LogP) is 2.91. The summed E-state index contributed by atoms with van der Waals surface area (Å²) in [7, 11) is 5.67. The maximum atomic E-state index is 12.7. The van der Waals surface area contributed by atoms with Crippen LogP contribution in [0.3, 0.4) is 0 Å². The quantitative estimate of drug-likeness (QED) is 0.702. The normalized spacial score (nSPS) is 10.7. The van der Waals surface area contributed by atoms with Crippen LogP contribution in [0.4, 0.5) is 0 Å². The number of hydrogen-bond acceptors (Lipinski definition) is 8. The molecule has 8 nitrogen and oxygen atoms in total. The van der Waals surface area contributed by atoms with Crippen LogP contribution >= 0.6 is 0 Å². The predicted molar refractivity (Wildman–Crippen MR) is 97.5 cm³/mol. The van der Waals surface area contributed by atoms with Gasteiger partial charge in [0.05, 0.1) is 28.4 Å². The lowest BCUT2D eigenvalue weighted by Gasteiger charge is -2.13. The third kappa shape index (κ3) is 2.84. The number of phenolic OH excluding ortho intramolecular Hbond substituents is 1. The highest BCUT2D eigenvalue weighted by Gasteiger charge is 2.23. The van der Waals surface area contributed by atoms with Crippen LogP contribution in [-0.4, -0.2) is 38.7 Å². The van der Waals surface area contributed by atoms with Gasteiger partial charge in [-0.05, 0) is 18.2 Å². The second kappa shape index (κ2) is 6.99. The van der Waals surface area contributed by atoms with Crippen molar-refractivity contribution in [1.29, 1.82) is 0 Å². The third-order valence-corrected chi connectivity index (χ3v) is 4.12. The number of fused-ring (bicyclic) bond motifs is 1. The van der Waals surface area contributed by atoms with Gasteiger partial charge in [-0.2, -0.15) is 0 Å². The lowest BCUT2D eigenvalue weighted by atomic mass is 10.1. The Kier molecular flexibility index (Phi) is 4.72. The Morgan fingerprint density at radius 3 is 2.07 bits per heavy atom. The molecule has 0 bridgehead atoms. The highest BCUT2D eigenvalue weighted by molar-refractivity contribution is 5.91. The van der Waals surface area contributed by atoms with Gasteiger partial charge in [0.2, 0.25) is 16.9 Å². The Bertz CT molecular complexity index is 1070. The summed E-state index contributed by atoms with van der Waals surface area (Å²) in [5, 5.41) is 20.5. The highest BCUT2D eigenvalue weighted by atomic mass is 16.5. The van der Waals surface area contributed by atoms with E-state index >= 15 is 0 Å². The van der Waals surface area contributed by atoms with E-state index in [0.717, 1.165) is 0 Å². The Morgan fingerprint density at radius 1 is 0.815 bits per heavy atom. The van der Waals surface area contributed by atoms with Crippen molar-refractivity contribution in [3.05, 3.63) is 34.5 Å². The molecule has 0 fully saturated rings. The fourth-order valence-electron chi connectivity index (χ4n) is 2.81. The molecule has 1 heterocycles. The molecule has 0 saturated carbocycles. The molecular weight excluding hydrogens is 356 g/mol. The number of methoxy groups -OCH3 is 4. The summed E-state index contributed by atoms with van der Waals surface area (Å²) in [6, 6.07) is 6.18. The Labute approximate surface area is 154 Å². The van der Waals surface area contributed by atoms with Crippen molar-refractivity contribution in [2.24, 2.45) is 0 Å². The molecule has 27 heavy (non-hydrogen) atoms. The van der Waals surface area contributed by atoms with E-state index in [-0.39, 0.29) is 28.2 Å². The fraction of sp³-hybridized carbons (Fsp3) is 0.211. The number of hydrogen-bond donors (Lipinski definition) is 2. The first-order valence-electron chi connectivity index (χ1n) is 7.82. The molecule has 0 radical (unpaired) electrons. The number of benzene rings is 2. The molecule has 0 spiro atoms. The van der Waals surface area contributed by atoms with Gasteiger partial charge >= 0.3 is 0 Å². The number of ether oxygens (including phenoxy) is 4. The van der Waals surface area contributed by atoms with E-state index in [1.165, 1.54) is 34.5 Å². The first-order chi connectivity index (χ1) is 13.0. The van der Waals surface area contributed by atoms with Gasteiger partial charge < -0.3 is 33.6 Å². The molecule has 8 heteroatoms. The molecule has 0 aliphatic rings. The van der Waals surface area contributed by atoms with Crippen molar-refractivity contribution >= 4 is 11.0 Å². The lowest BCUT2D eigenvalue weighted by Crippen LogP contribution is -2.04. The van der Waals surface area contributed by atoms with E-state index in [1.54, 1.807) is 18.2 Å². The van der Waals surface area contributed by atoms with E-state index in [1.807, 2.05) is 0 Å². The summed E-state index contributed by atoms with van der Waals surface area (Å²) in [4.78, 5) is 12.7. The number of aromatic hydroxyl groups is 2. The molecule has 1 aromatic heterocycles. The maximum Gasteiger partial charge on any atom is 0.238 e. The zero-order valence-electron chi connectivity index (χ0n) is 15.2. The van der Waals surface area contributed by atoms with Gasteiger partial charge in [-0.15, -0.1) is 0 Å². The minimum atomic E-state index is -0.806. The summed E-state index contributed by atoms with van der Waals surface area (Å²) in [5.74, 6) is -0.197. The molecule has 0 aliphatic carbocycles. The number of rotatable bonds is 5. The van der Waals surface area contributed by atoms with E-state index in [4.69, 9.17) is 23.4 Å². The summed E-state index contributed by atoms with van der Waals surface area (Å²) < 4.78 is 26.4. The minimum Gasteiger partial charge on any atom is -0.504 e. The SMILES string of the molecule is COc1ccc(-c2oc3cc(OC)c(OC)c(O)c3c(=O)c2O)cc1OC. The van der Waals surface area contributed by atoms with Crippen LogP contribution in [0, 0.1) is 0 Å². The molecule has 3 rings (SSSR count). The lowest BCUT2D eigenvalue weighted by molar-refractivity contribution is 0.334. The van der Waals surface area contributed by atoms with Crippen molar-refractivity contribution < 1.29 is 33.6 Å². The maximum absolute atomic E-state index is 12.7. The van der Waals surface area contributed by atoms with E-state index in [0.29, 0.717) is 17.1 Å². The van der Waals surface area contributed by atoms with E-state index in [2.05, 4.69) is 0 Å². The fourth-order valence-corrected chi connectivity index (χ4v) is 2.81. The van der Waals surface area contributed by atoms with Crippen molar-refractivity contribution in [2.75, 3.05) is 28.4 Å². The van der Waals surface area contributed by atoms with E-state index in [9.17, 15) is 15.0 Å². The first-order valence-corrected chi connectivity index (χ1v) is 7.82. The van der Waals surface area contributed by atoms with Crippen molar-refractivity contribution in [3.8, 4) is 45.8 Å². The molecule has 2 aromatic carbocycles. The van der Waals surface area contributed by atoms with Crippen LogP contribution in [0.25, 0.3) is 22.3 Å². The Hall–Kier alpha value is -3.55. The van der Waals surface area contributed by atoms with Crippen LogP contribution < -0.4 is 24.4 Å². The average molecular weight is 374 g/mol. The smallest absolute Gasteiger partial charge is 0.238 e. The van der Waals surface area contributed by atoms with Crippen molar-refractivity contribution in [2.45, 2.75) is 0 Å². The number of phenols is 1. The summed E-state index contributed by atoms with van der Waals surface area (Å²) in [6.07, 6.45) is 0.